The molecule has 0 aliphatic heterocycles. The number of carbonyl (C=O) groups excluding carboxylic acids is 1. The molecule has 0 saturated heterocycles. The lowest BCUT2D eigenvalue weighted by Gasteiger charge is -2.26. The minimum Gasteiger partial charge on any atom is -0.369 e. The number of benzene rings is 1. The summed E-state index contributed by atoms with van der Waals surface area (Å²) in [5, 5.41) is -0.0794. The summed E-state index contributed by atoms with van der Waals surface area (Å²) in [4.78, 5) is 12.5. The van der Waals surface area contributed by atoms with Crippen LogP contribution < -0.4 is 0 Å². The third kappa shape index (κ3) is 4.54. The Morgan fingerprint density at radius 2 is 1.42 bits per heavy atom. The molecule has 0 aromatic heterocycles. The molecule has 4 nitrogen and oxygen atoms in total. The van der Waals surface area contributed by atoms with Crippen LogP contribution in [0.4, 0.5) is 0 Å². The summed E-state index contributed by atoms with van der Waals surface area (Å²) in [6, 6.07) is 9.58. The molecule has 0 heterocycles. The van der Waals surface area contributed by atoms with Crippen LogP contribution in [0.5, 0.6) is 0 Å². The summed E-state index contributed by atoms with van der Waals surface area (Å²) in [6.45, 7) is 6.76. The van der Waals surface area contributed by atoms with E-state index in [2.05, 4.69) is 0 Å². The van der Waals surface area contributed by atoms with E-state index in [1.165, 1.54) is 0 Å². The van der Waals surface area contributed by atoms with Crippen LogP contribution in [0, 0.1) is 0 Å². The van der Waals surface area contributed by atoms with Crippen molar-refractivity contribution in [2.45, 2.75) is 27.2 Å². The first-order chi connectivity index (χ1) is 9.18. The molecule has 1 rings (SSSR count). The fourth-order valence-corrected chi connectivity index (χ4v) is 4.12. The minimum atomic E-state index is -3.22. The standard InChI is InChI=1S/C14H22O4Si/c1-4-16-19(17-5-2,18-6-3)14(15)12-13-10-8-7-9-11-13/h7-11H,4-6,12H2,1-3H3. The van der Waals surface area contributed by atoms with Crippen molar-refractivity contribution in [3.05, 3.63) is 35.9 Å². The Kier molecular flexibility index (Phi) is 6.94. The molecule has 5 heteroatoms. The van der Waals surface area contributed by atoms with Crippen LogP contribution in [-0.2, 0) is 24.5 Å². The highest BCUT2D eigenvalue weighted by Gasteiger charge is 2.49. The Morgan fingerprint density at radius 1 is 0.947 bits per heavy atom. The van der Waals surface area contributed by atoms with E-state index >= 15 is 0 Å². The smallest absolute Gasteiger partial charge is 0.369 e. The van der Waals surface area contributed by atoms with Crippen molar-refractivity contribution >= 4 is 14.2 Å². The molecular formula is C14H22O4Si. The molecule has 0 amide bonds. The van der Waals surface area contributed by atoms with Gasteiger partial charge in [0, 0.05) is 26.2 Å². The third-order valence-electron chi connectivity index (χ3n) is 2.55. The van der Waals surface area contributed by atoms with Crippen molar-refractivity contribution < 1.29 is 18.1 Å². The summed E-state index contributed by atoms with van der Waals surface area (Å²) in [5.74, 6) is 0. The lowest BCUT2D eigenvalue weighted by atomic mass is 10.2. The number of hydrogen-bond donors (Lipinski definition) is 0. The molecule has 0 bridgehead atoms. The lowest BCUT2D eigenvalue weighted by molar-refractivity contribution is -0.119. The second kappa shape index (κ2) is 8.22. The summed E-state index contributed by atoms with van der Waals surface area (Å²) in [7, 11) is -3.22. The fourth-order valence-electron chi connectivity index (χ4n) is 1.83. The molecule has 0 atom stereocenters. The van der Waals surface area contributed by atoms with Gasteiger partial charge in [-0.1, -0.05) is 30.3 Å². The Morgan fingerprint density at radius 3 is 1.84 bits per heavy atom. The predicted octanol–water partition coefficient (Wildman–Crippen LogP) is 2.39. The van der Waals surface area contributed by atoms with Gasteiger partial charge in [0.25, 0.3) is 0 Å². The van der Waals surface area contributed by atoms with Crippen LogP contribution in [-0.4, -0.2) is 34.0 Å². The van der Waals surface area contributed by atoms with E-state index < -0.39 is 8.80 Å². The molecule has 106 valence electrons. The topological polar surface area (TPSA) is 44.8 Å². The lowest BCUT2D eigenvalue weighted by Crippen LogP contribution is -2.54. The van der Waals surface area contributed by atoms with Crippen LogP contribution >= 0.6 is 0 Å². The average Bonchev–Trinajstić information content (AvgIpc) is 2.40. The van der Waals surface area contributed by atoms with E-state index in [9.17, 15) is 4.79 Å². The second-order valence-corrected chi connectivity index (χ2v) is 6.48. The zero-order valence-corrected chi connectivity index (χ0v) is 12.8. The van der Waals surface area contributed by atoms with Gasteiger partial charge in [-0.2, -0.15) is 0 Å². The van der Waals surface area contributed by atoms with E-state index in [4.69, 9.17) is 13.3 Å². The zero-order chi connectivity index (χ0) is 14.1. The maximum Gasteiger partial charge on any atom is 0.575 e. The molecule has 0 unspecified atom stereocenters. The van der Waals surface area contributed by atoms with Gasteiger partial charge in [-0.05, 0) is 26.3 Å². The minimum absolute atomic E-state index is 0.0794. The van der Waals surface area contributed by atoms with Gasteiger partial charge in [-0.25, -0.2) is 0 Å². The molecule has 0 spiro atoms. The van der Waals surface area contributed by atoms with E-state index in [-0.39, 0.29) is 11.8 Å². The first kappa shape index (κ1) is 16.0. The van der Waals surface area contributed by atoms with E-state index in [1.54, 1.807) is 0 Å². The zero-order valence-electron chi connectivity index (χ0n) is 11.8. The monoisotopic (exact) mass is 282 g/mol. The van der Waals surface area contributed by atoms with Crippen molar-refractivity contribution in [2.75, 3.05) is 19.8 Å². The number of rotatable bonds is 9. The maximum absolute atomic E-state index is 12.5. The van der Waals surface area contributed by atoms with Crippen molar-refractivity contribution in [2.24, 2.45) is 0 Å². The molecule has 0 saturated carbocycles. The Balaban J connectivity index is 2.86. The van der Waals surface area contributed by atoms with E-state index in [0.717, 1.165) is 5.56 Å². The fraction of sp³-hybridized carbons (Fsp3) is 0.500. The molecule has 1 aromatic carbocycles. The van der Waals surface area contributed by atoms with Gasteiger partial charge in [0.05, 0.1) is 0 Å². The third-order valence-corrected chi connectivity index (χ3v) is 5.42. The summed E-state index contributed by atoms with van der Waals surface area (Å²) < 4.78 is 16.8. The van der Waals surface area contributed by atoms with E-state index in [0.29, 0.717) is 19.8 Å². The Labute approximate surface area is 116 Å². The van der Waals surface area contributed by atoms with Crippen molar-refractivity contribution in [3.63, 3.8) is 0 Å². The normalized spacial score (nSPS) is 11.5. The SMILES string of the molecule is CCO[Si](OCC)(OCC)C(=O)Cc1ccccc1. The first-order valence-electron chi connectivity index (χ1n) is 6.67. The first-order valence-corrected chi connectivity index (χ1v) is 8.40. The molecule has 0 N–H and O–H groups in total. The van der Waals surface area contributed by atoms with Crippen LogP contribution in [0.15, 0.2) is 30.3 Å². The predicted molar refractivity (Wildman–Crippen MR) is 75.8 cm³/mol. The van der Waals surface area contributed by atoms with Crippen LogP contribution in [0.2, 0.25) is 0 Å². The number of hydrogen-bond acceptors (Lipinski definition) is 4. The molecule has 1 aromatic rings. The summed E-state index contributed by atoms with van der Waals surface area (Å²) in [5.41, 5.74) is 0.948. The average molecular weight is 282 g/mol. The Bertz CT molecular complexity index is 363. The quantitative estimate of drug-likeness (QED) is 0.652. The van der Waals surface area contributed by atoms with Crippen molar-refractivity contribution in [3.8, 4) is 0 Å². The van der Waals surface area contributed by atoms with Crippen molar-refractivity contribution in [1.82, 2.24) is 0 Å². The van der Waals surface area contributed by atoms with Gasteiger partial charge in [0.1, 0.15) is 0 Å². The van der Waals surface area contributed by atoms with E-state index in [1.807, 2.05) is 51.1 Å². The highest BCUT2D eigenvalue weighted by Crippen LogP contribution is 2.15. The van der Waals surface area contributed by atoms with Crippen LogP contribution in [0.25, 0.3) is 0 Å². The number of carbonyl (C=O) groups is 1. The molecular weight excluding hydrogens is 260 g/mol. The van der Waals surface area contributed by atoms with Gasteiger partial charge < -0.3 is 13.3 Å². The van der Waals surface area contributed by atoms with Gasteiger partial charge in [0.2, 0.25) is 5.41 Å². The molecule has 0 aliphatic carbocycles. The van der Waals surface area contributed by atoms with Gasteiger partial charge in [0.15, 0.2) is 0 Å². The molecule has 0 aliphatic rings. The largest absolute Gasteiger partial charge is 0.575 e. The van der Waals surface area contributed by atoms with Crippen LogP contribution in [0.1, 0.15) is 26.3 Å². The summed E-state index contributed by atoms with van der Waals surface area (Å²) in [6.07, 6.45) is 0.285. The van der Waals surface area contributed by atoms with Crippen molar-refractivity contribution in [1.29, 1.82) is 0 Å². The second-order valence-electron chi connectivity index (χ2n) is 3.94. The summed E-state index contributed by atoms with van der Waals surface area (Å²) >= 11 is 0. The Hall–Kier alpha value is -1.01. The highest BCUT2D eigenvalue weighted by molar-refractivity contribution is 6.92. The molecule has 0 fully saturated rings. The van der Waals surface area contributed by atoms with Gasteiger partial charge in [-0.3, -0.25) is 4.79 Å². The van der Waals surface area contributed by atoms with Gasteiger partial charge >= 0.3 is 8.80 Å². The van der Waals surface area contributed by atoms with Crippen LogP contribution in [0.3, 0.4) is 0 Å². The molecule has 19 heavy (non-hydrogen) atoms. The molecule has 0 radical (unpaired) electrons. The van der Waals surface area contributed by atoms with Gasteiger partial charge in [-0.15, -0.1) is 0 Å². The highest BCUT2D eigenvalue weighted by atomic mass is 28.4. The maximum atomic E-state index is 12.5.